The Morgan fingerprint density at radius 3 is 1.98 bits per heavy atom. The van der Waals surface area contributed by atoms with E-state index in [9.17, 15) is 0 Å². The summed E-state index contributed by atoms with van der Waals surface area (Å²) >= 11 is 0. The van der Waals surface area contributed by atoms with Crippen molar-refractivity contribution in [3.63, 3.8) is 0 Å². The van der Waals surface area contributed by atoms with E-state index in [1.165, 1.54) is 38.8 Å². The van der Waals surface area contributed by atoms with Gasteiger partial charge in [-0.2, -0.15) is 0 Å². The van der Waals surface area contributed by atoms with Crippen LogP contribution in [0.5, 0.6) is 17.2 Å². The van der Waals surface area contributed by atoms with Crippen molar-refractivity contribution in [2.45, 2.75) is 38.7 Å². The fraction of sp³-hybridized carbons (Fsp3) is 0.211. The Labute approximate surface area is 242 Å². The first-order chi connectivity index (χ1) is 19.8. The Kier molecular flexibility index (Phi) is 5.59. The van der Waals surface area contributed by atoms with E-state index in [1.54, 1.807) is 14.2 Å². The molecule has 3 heteroatoms. The minimum absolute atomic E-state index is 0.188. The lowest BCUT2D eigenvalue weighted by Crippen LogP contribution is -2.35. The first-order valence-electron chi connectivity index (χ1n) is 14.2. The van der Waals surface area contributed by atoms with Crippen LogP contribution in [-0.4, -0.2) is 14.2 Å². The molecule has 2 aliphatic rings. The molecule has 5 aromatic rings. The quantitative estimate of drug-likeness (QED) is 0.228. The highest BCUT2D eigenvalue weighted by molar-refractivity contribution is 6.09. The minimum atomic E-state index is -0.816. The average molecular weight is 539 g/mol. The number of hydrogen-bond acceptors (Lipinski definition) is 3. The van der Waals surface area contributed by atoms with E-state index in [-0.39, 0.29) is 5.41 Å². The maximum absolute atomic E-state index is 7.38. The highest BCUT2D eigenvalue weighted by Gasteiger charge is 2.44. The maximum atomic E-state index is 7.38. The van der Waals surface area contributed by atoms with Crippen LogP contribution < -0.4 is 14.2 Å². The van der Waals surface area contributed by atoms with Crippen LogP contribution >= 0.6 is 0 Å². The molecule has 0 radical (unpaired) electrons. The third-order valence-corrected chi connectivity index (χ3v) is 8.99. The summed E-state index contributed by atoms with van der Waals surface area (Å²) in [5.41, 5.74) is 9.99. The molecule has 41 heavy (non-hydrogen) atoms. The number of benzene rings is 5. The van der Waals surface area contributed by atoms with E-state index >= 15 is 0 Å². The normalized spacial score (nSPS) is 17.9. The number of hydrogen-bond donors (Lipinski definition) is 0. The van der Waals surface area contributed by atoms with Crippen molar-refractivity contribution >= 4 is 16.8 Å². The van der Waals surface area contributed by atoms with Gasteiger partial charge in [0.15, 0.2) is 5.60 Å². The van der Waals surface area contributed by atoms with Crippen LogP contribution in [0.1, 0.15) is 52.8 Å². The molecule has 0 aromatic heterocycles. The summed E-state index contributed by atoms with van der Waals surface area (Å²) in [6.07, 6.45) is 4.53. The zero-order chi connectivity index (χ0) is 28.5. The second-order valence-corrected chi connectivity index (χ2v) is 11.8. The van der Waals surface area contributed by atoms with Gasteiger partial charge in [0.1, 0.15) is 17.2 Å². The molecule has 0 fully saturated rings. The van der Waals surface area contributed by atoms with E-state index < -0.39 is 5.60 Å². The molecular weight excluding hydrogens is 504 g/mol. The molecule has 3 nitrogen and oxygen atoms in total. The highest BCUT2D eigenvalue weighted by Crippen LogP contribution is 2.58. The van der Waals surface area contributed by atoms with Gasteiger partial charge in [-0.05, 0) is 77.9 Å². The standard InChI is InChI=1S/C38H34O3/c1-23-7-10-25(11-8-23)38(26-12-14-27(39-5)15-13-26)20-19-31-35-34(30-17-9-24(2)21-33(30)37(35,3)4)29-18-16-28(40-6)22-32(29)36(31)41-38/h7-22H,1-6H3. The van der Waals surface area contributed by atoms with Crippen molar-refractivity contribution in [2.75, 3.05) is 14.2 Å². The molecule has 1 aliphatic heterocycles. The van der Waals surface area contributed by atoms with Crippen molar-refractivity contribution in [2.24, 2.45) is 0 Å². The van der Waals surface area contributed by atoms with Crippen molar-refractivity contribution in [1.82, 2.24) is 0 Å². The van der Waals surface area contributed by atoms with Crippen molar-refractivity contribution in [1.29, 1.82) is 0 Å². The Morgan fingerprint density at radius 2 is 1.29 bits per heavy atom. The Bertz CT molecular complexity index is 1860. The Balaban J connectivity index is 1.56. The molecule has 0 bridgehead atoms. The molecule has 1 heterocycles. The summed E-state index contributed by atoms with van der Waals surface area (Å²) < 4.78 is 18.6. The van der Waals surface area contributed by atoms with E-state index in [0.29, 0.717) is 0 Å². The predicted molar refractivity (Wildman–Crippen MR) is 167 cm³/mol. The van der Waals surface area contributed by atoms with Gasteiger partial charge in [-0.3, -0.25) is 0 Å². The SMILES string of the molecule is COc1ccc(C2(c3ccc(C)cc3)C=Cc3c4c(c5ccc(OC)cc5c3O2)-c2ccc(C)cc2C4(C)C)cc1. The maximum Gasteiger partial charge on any atom is 0.178 e. The molecule has 1 atom stereocenters. The van der Waals surface area contributed by atoms with Crippen LogP contribution in [0.25, 0.3) is 28.0 Å². The Morgan fingerprint density at radius 1 is 0.659 bits per heavy atom. The molecule has 1 unspecified atom stereocenters. The van der Waals surface area contributed by atoms with E-state index in [4.69, 9.17) is 14.2 Å². The lowest BCUT2D eigenvalue weighted by molar-refractivity contribution is 0.163. The third kappa shape index (κ3) is 3.65. The zero-order valence-electron chi connectivity index (χ0n) is 24.5. The van der Waals surface area contributed by atoms with Crippen LogP contribution in [0.3, 0.4) is 0 Å². The summed E-state index contributed by atoms with van der Waals surface area (Å²) in [6.45, 7) is 8.96. The van der Waals surface area contributed by atoms with Gasteiger partial charge in [0, 0.05) is 27.5 Å². The smallest absolute Gasteiger partial charge is 0.178 e. The lowest BCUT2D eigenvalue weighted by Gasteiger charge is -2.38. The lowest BCUT2D eigenvalue weighted by atomic mass is 9.76. The average Bonchev–Trinajstić information content (AvgIpc) is 3.23. The number of methoxy groups -OCH3 is 2. The van der Waals surface area contributed by atoms with Crippen LogP contribution in [-0.2, 0) is 11.0 Å². The molecular formula is C38H34O3. The van der Waals surface area contributed by atoms with Gasteiger partial charge in [-0.15, -0.1) is 0 Å². The van der Waals surface area contributed by atoms with E-state index in [1.807, 2.05) is 12.1 Å². The summed E-state index contributed by atoms with van der Waals surface area (Å²) in [6, 6.07) is 30.1. The largest absolute Gasteiger partial charge is 0.497 e. The summed E-state index contributed by atoms with van der Waals surface area (Å²) in [7, 11) is 3.41. The van der Waals surface area contributed by atoms with Gasteiger partial charge in [-0.1, -0.05) is 85.6 Å². The molecule has 1 aliphatic carbocycles. The van der Waals surface area contributed by atoms with Crippen molar-refractivity contribution < 1.29 is 14.2 Å². The first-order valence-corrected chi connectivity index (χ1v) is 14.2. The number of aryl methyl sites for hydroxylation is 2. The predicted octanol–water partition coefficient (Wildman–Crippen LogP) is 9.13. The van der Waals surface area contributed by atoms with Crippen molar-refractivity contribution in [3.05, 3.63) is 130 Å². The molecule has 0 saturated heterocycles. The summed E-state index contributed by atoms with van der Waals surface area (Å²) in [5, 5.41) is 2.23. The molecule has 0 N–H and O–H groups in total. The van der Waals surface area contributed by atoms with Gasteiger partial charge in [0.25, 0.3) is 0 Å². The molecule has 0 spiro atoms. The fourth-order valence-corrected chi connectivity index (χ4v) is 6.82. The highest BCUT2D eigenvalue weighted by atomic mass is 16.5. The number of fused-ring (bicyclic) bond motifs is 8. The van der Waals surface area contributed by atoms with Gasteiger partial charge in [0.2, 0.25) is 0 Å². The van der Waals surface area contributed by atoms with Crippen LogP contribution in [0.4, 0.5) is 0 Å². The monoisotopic (exact) mass is 538 g/mol. The first kappa shape index (κ1) is 25.5. The van der Waals surface area contributed by atoms with Crippen LogP contribution in [0, 0.1) is 13.8 Å². The second kappa shape index (κ2) is 9.01. The second-order valence-electron chi connectivity index (χ2n) is 11.8. The van der Waals surface area contributed by atoms with Crippen LogP contribution in [0.2, 0.25) is 0 Å². The topological polar surface area (TPSA) is 27.7 Å². The van der Waals surface area contributed by atoms with E-state index in [2.05, 4.69) is 113 Å². The molecule has 0 saturated carbocycles. The fourth-order valence-electron chi connectivity index (χ4n) is 6.82. The Hall–Kier alpha value is -4.50. The molecule has 0 amide bonds. The van der Waals surface area contributed by atoms with Gasteiger partial charge in [0.05, 0.1) is 14.2 Å². The van der Waals surface area contributed by atoms with Gasteiger partial charge < -0.3 is 14.2 Å². The third-order valence-electron chi connectivity index (χ3n) is 8.99. The number of ether oxygens (including phenoxy) is 3. The van der Waals surface area contributed by atoms with Gasteiger partial charge >= 0.3 is 0 Å². The van der Waals surface area contributed by atoms with Crippen molar-refractivity contribution in [3.8, 4) is 28.4 Å². The molecule has 7 rings (SSSR count). The van der Waals surface area contributed by atoms with E-state index in [0.717, 1.165) is 39.3 Å². The number of rotatable bonds is 4. The van der Waals surface area contributed by atoms with Gasteiger partial charge in [-0.25, -0.2) is 0 Å². The summed E-state index contributed by atoms with van der Waals surface area (Å²) in [4.78, 5) is 0. The minimum Gasteiger partial charge on any atom is -0.497 e. The summed E-state index contributed by atoms with van der Waals surface area (Å²) in [5.74, 6) is 2.51. The van der Waals surface area contributed by atoms with Crippen LogP contribution in [0.15, 0.2) is 91.0 Å². The molecule has 5 aromatic carbocycles. The zero-order valence-corrected chi connectivity index (χ0v) is 24.5. The molecule has 204 valence electrons.